The molecular weight excluding hydrogens is 228 g/mol. The molecule has 1 aliphatic heterocycles. The fourth-order valence-corrected chi connectivity index (χ4v) is 3.88. The van der Waals surface area contributed by atoms with Gasteiger partial charge in [-0.15, -0.1) is 0 Å². The highest BCUT2D eigenvalue weighted by Crippen LogP contribution is 2.51. The standard InChI is InChI=1S/C15H28O3/c1-10(9-16)13-6-8-15(4,18-13)12-5-7-14(3,17)11(12)2/h10-13,16-17H,5-9H2,1-4H3/t10?,11-,12+,13-,14+,15+/m0/s1. The van der Waals surface area contributed by atoms with E-state index < -0.39 is 5.60 Å². The lowest BCUT2D eigenvalue weighted by atomic mass is 9.77. The molecule has 2 rings (SSSR count). The first kappa shape index (κ1) is 14.3. The van der Waals surface area contributed by atoms with Crippen molar-refractivity contribution in [1.29, 1.82) is 0 Å². The van der Waals surface area contributed by atoms with Crippen LogP contribution >= 0.6 is 0 Å². The molecule has 2 fully saturated rings. The van der Waals surface area contributed by atoms with E-state index in [1.54, 1.807) is 0 Å². The van der Waals surface area contributed by atoms with Gasteiger partial charge in [-0.3, -0.25) is 0 Å². The third-order valence-electron chi connectivity index (χ3n) is 5.60. The molecule has 0 radical (unpaired) electrons. The van der Waals surface area contributed by atoms with Crippen LogP contribution < -0.4 is 0 Å². The van der Waals surface area contributed by atoms with Crippen LogP contribution in [0, 0.1) is 17.8 Å². The zero-order chi connectivity index (χ0) is 13.6. The Hall–Kier alpha value is -0.120. The molecule has 0 bridgehead atoms. The molecule has 1 saturated carbocycles. The molecular formula is C15H28O3. The second-order valence-corrected chi connectivity index (χ2v) is 6.96. The number of rotatable bonds is 3. The molecule has 3 heteroatoms. The van der Waals surface area contributed by atoms with Gasteiger partial charge in [0.2, 0.25) is 0 Å². The van der Waals surface area contributed by atoms with Crippen molar-refractivity contribution in [2.45, 2.75) is 70.7 Å². The minimum absolute atomic E-state index is 0.117. The number of aliphatic hydroxyl groups is 2. The number of hydrogen-bond donors (Lipinski definition) is 2. The number of hydrogen-bond acceptors (Lipinski definition) is 3. The van der Waals surface area contributed by atoms with Crippen LogP contribution in [0.5, 0.6) is 0 Å². The molecule has 18 heavy (non-hydrogen) atoms. The van der Waals surface area contributed by atoms with Crippen LogP contribution in [0.4, 0.5) is 0 Å². The van der Waals surface area contributed by atoms with Gasteiger partial charge in [-0.2, -0.15) is 0 Å². The van der Waals surface area contributed by atoms with Gasteiger partial charge in [0, 0.05) is 12.5 Å². The van der Waals surface area contributed by atoms with Crippen LogP contribution in [-0.2, 0) is 4.74 Å². The van der Waals surface area contributed by atoms with Gasteiger partial charge >= 0.3 is 0 Å². The zero-order valence-corrected chi connectivity index (χ0v) is 12.1. The van der Waals surface area contributed by atoms with Crippen LogP contribution in [0.25, 0.3) is 0 Å². The molecule has 6 atom stereocenters. The Kier molecular flexibility index (Phi) is 3.79. The van der Waals surface area contributed by atoms with Crippen molar-refractivity contribution in [2.24, 2.45) is 17.8 Å². The van der Waals surface area contributed by atoms with Gasteiger partial charge in [-0.1, -0.05) is 13.8 Å². The molecule has 2 N–H and O–H groups in total. The van der Waals surface area contributed by atoms with Gasteiger partial charge in [-0.05, 0) is 51.4 Å². The van der Waals surface area contributed by atoms with E-state index in [0.29, 0.717) is 5.92 Å². The predicted molar refractivity (Wildman–Crippen MR) is 71.3 cm³/mol. The van der Waals surface area contributed by atoms with Crippen molar-refractivity contribution in [3.63, 3.8) is 0 Å². The fraction of sp³-hybridized carbons (Fsp3) is 1.00. The summed E-state index contributed by atoms with van der Waals surface area (Å²) in [4.78, 5) is 0. The van der Waals surface area contributed by atoms with Crippen LogP contribution in [0.15, 0.2) is 0 Å². The third kappa shape index (κ3) is 2.33. The average Bonchev–Trinajstić information content (AvgIpc) is 2.82. The van der Waals surface area contributed by atoms with Gasteiger partial charge < -0.3 is 14.9 Å². The summed E-state index contributed by atoms with van der Waals surface area (Å²) in [6, 6.07) is 0. The molecule has 1 aliphatic carbocycles. The van der Waals surface area contributed by atoms with E-state index in [-0.39, 0.29) is 30.1 Å². The minimum atomic E-state index is -0.544. The molecule has 0 spiro atoms. The second kappa shape index (κ2) is 4.77. The van der Waals surface area contributed by atoms with E-state index in [4.69, 9.17) is 4.74 Å². The zero-order valence-electron chi connectivity index (χ0n) is 12.1. The molecule has 1 saturated heterocycles. The molecule has 106 valence electrons. The maximum absolute atomic E-state index is 10.3. The number of ether oxygens (including phenoxy) is 1. The van der Waals surface area contributed by atoms with Gasteiger partial charge in [0.25, 0.3) is 0 Å². The topological polar surface area (TPSA) is 49.7 Å². The summed E-state index contributed by atoms with van der Waals surface area (Å²) in [5, 5.41) is 19.6. The maximum Gasteiger partial charge on any atom is 0.0691 e. The van der Waals surface area contributed by atoms with Crippen LogP contribution in [0.2, 0.25) is 0 Å². The highest BCUT2D eigenvalue weighted by Gasteiger charge is 2.52. The normalized spacial score (nSPS) is 50.7. The largest absolute Gasteiger partial charge is 0.396 e. The quantitative estimate of drug-likeness (QED) is 0.815. The molecule has 2 aliphatic rings. The van der Waals surface area contributed by atoms with Crippen LogP contribution in [0.3, 0.4) is 0 Å². The summed E-state index contributed by atoms with van der Waals surface area (Å²) in [6.07, 6.45) is 4.18. The Morgan fingerprint density at radius 2 is 1.94 bits per heavy atom. The SMILES string of the molecule is CC(CO)[C@@H]1CC[C@](C)([C@@H]2CC[C@@](C)(O)[C@H]2C)O1. The summed E-state index contributed by atoms with van der Waals surface area (Å²) in [5.74, 6) is 0.929. The monoisotopic (exact) mass is 256 g/mol. The van der Waals surface area contributed by atoms with E-state index >= 15 is 0 Å². The van der Waals surface area contributed by atoms with Gasteiger partial charge in [0.05, 0.1) is 17.3 Å². The lowest BCUT2D eigenvalue weighted by molar-refractivity contribution is -0.107. The van der Waals surface area contributed by atoms with Crippen molar-refractivity contribution < 1.29 is 14.9 Å². The van der Waals surface area contributed by atoms with Crippen molar-refractivity contribution in [2.75, 3.05) is 6.61 Å². The molecule has 3 nitrogen and oxygen atoms in total. The minimum Gasteiger partial charge on any atom is -0.396 e. The van der Waals surface area contributed by atoms with Crippen LogP contribution in [0.1, 0.15) is 53.4 Å². The highest BCUT2D eigenvalue weighted by molar-refractivity contribution is 5.02. The Bertz CT molecular complexity index is 302. The molecule has 1 unspecified atom stereocenters. The maximum atomic E-state index is 10.3. The van der Waals surface area contributed by atoms with E-state index in [1.807, 2.05) is 13.8 Å². The van der Waals surface area contributed by atoms with Gasteiger partial charge in [0.15, 0.2) is 0 Å². The predicted octanol–water partition coefficient (Wildman–Crippen LogP) is 2.35. The van der Waals surface area contributed by atoms with Crippen LogP contribution in [-0.4, -0.2) is 34.1 Å². The van der Waals surface area contributed by atoms with Gasteiger partial charge in [-0.25, -0.2) is 0 Å². The van der Waals surface area contributed by atoms with E-state index in [1.165, 1.54) is 0 Å². The first-order chi connectivity index (χ1) is 8.30. The Morgan fingerprint density at radius 1 is 1.28 bits per heavy atom. The molecule has 0 aromatic heterocycles. The first-order valence-electron chi connectivity index (χ1n) is 7.31. The Balaban J connectivity index is 2.06. The lowest BCUT2D eigenvalue weighted by Crippen LogP contribution is -2.41. The van der Waals surface area contributed by atoms with E-state index in [0.717, 1.165) is 25.7 Å². The van der Waals surface area contributed by atoms with E-state index in [9.17, 15) is 10.2 Å². The van der Waals surface area contributed by atoms with Crippen molar-refractivity contribution >= 4 is 0 Å². The number of aliphatic hydroxyl groups excluding tert-OH is 1. The highest BCUT2D eigenvalue weighted by atomic mass is 16.5. The summed E-state index contributed by atoms with van der Waals surface area (Å²) in [7, 11) is 0. The molecule has 0 aromatic carbocycles. The molecule has 0 amide bonds. The van der Waals surface area contributed by atoms with Crippen molar-refractivity contribution in [3.05, 3.63) is 0 Å². The molecule has 1 heterocycles. The molecule has 0 aromatic rings. The summed E-state index contributed by atoms with van der Waals surface area (Å²) in [5.41, 5.74) is -0.661. The van der Waals surface area contributed by atoms with E-state index in [2.05, 4.69) is 13.8 Å². The Labute approximate surface area is 111 Å². The first-order valence-corrected chi connectivity index (χ1v) is 7.31. The van der Waals surface area contributed by atoms with Crippen molar-refractivity contribution in [1.82, 2.24) is 0 Å². The smallest absolute Gasteiger partial charge is 0.0691 e. The van der Waals surface area contributed by atoms with Gasteiger partial charge in [0.1, 0.15) is 0 Å². The fourth-order valence-electron chi connectivity index (χ4n) is 3.88. The summed E-state index contributed by atoms with van der Waals surface area (Å²) >= 11 is 0. The third-order valence-corrected chi connectivity index (χ3v) is 5.60. The lowest BCUT2D eigenvalue weighted by Gasteiger charge is -2.37. The Morgan fingerprint density at radius 3 is 2.44 bits per heavy atom. The average molecular weight is 256 g/mol. The summed E-state index contributed by atoms with van der Waals surface area (Å²) in [6.45, 7) is 8.53. The summed E-state index contributed by atoms with van der Waals surface area (Å²) < 4.78 is 6.28. The second-order valence-electron chi connectivity index (χ2n) is 6.96. The van der Waals surface area contributed by atoms with Crippen molar-refractivity contribution in [3.8, 4) is 0 Å².